The molecule has 0 unspecified atom stereocenters. The number of carbonyl (C=O) groups is 2. The number of Topliss-reactive ketones (excluding diaryl/α,β-unsaturated/α-hetero) is 2. The van der Waals surface area contributed by atoms with Crippen LogP contribution in [0.1, 0.15) is 98.3 Å². The van der Waals surface area contributed by atoms with Gasteiger partial charge in [0.15, 0.2) is 0 Å². The van der Waals surface area contributed by atoms with Crippen LogP contribution in [0.25, 0.3) is 0 Å². The topological polar surface area (TPSA) is 52.6 Å². The van der Waals surface area contributed by atoms with Crippen molar-refractivity contribution in [2.45, 2.75) is 104 Å². The third kappa shape index (κ3) is 19.6. The normalized spacial score (nSPS) is 11.5. The predicted octanol–water partition coefficient (Wildman–Crippen LogP) is 5.51. The van der Waals surface area contributed by atoms with E-state index in [2.05, 4.69) is 13.8 Å². The van der Waals surface area contributed by atoms with Gasteiger partial charge in [-0.2, -0.15) is 0 Å². The Morgan fingerprint density at radius 3 is 1.81 bits per heavy atom. The number of ketones is 2. The van der Waals surface area contributed by atoms with Crippen molar-refractivity contribution in [3.05, 3.63) is 0 Å². The Kier molecular flexibility index (Phi) is 17.2. The second-order valence-corrected chi connectivity index (χ2v) is 7.91. The molecule has 0 spiro atoms. The van der Waals surface area contributed by atoms with Crippen LogP contribution in [0.4, 0.5) is 0 Å². The van der Waals surface area contributed by atoms with Crippen molar-refractivity contribution in [3.8, 4) is 0 Å². The molecule has 0 N–H and O–H groups in total. The fourth-order valence-corrected chi connectivity index (χ4v) is 2.76. The Labute approximate surface area is 161 Å². The Hall–Kier alpha value is -0.740. The largest absolute Gasteiger partial charge is 0.379 e. The molecular formula is C22H42O4. The second-order valence-electron chi connectivity index (χ2n) is 7.91. The van der Waals surface area contributed by atoms with E-state index in [9.17, 15) is 9.59 Å². The summed E-state index contributed by atoms with van der Waals surface area (Å²) >= 11 is 0. The Morgan fingerprint density at radius 1 is 0.654 bits per heavy atom. The molecule has 0 aromatic carbocycles. The van der Waals surface area contributed by atoms with Crippen molar-refractivity contribution < 1.29 is 19.1 Å². The average molecular weight is 371 g/mol. The molecule has 0 heterocycles. The molecular weight excluding hydrogens is 328 g/mol. The van der Waals surface area contributed by atoms with E-state index in [0.29, 0.717) is 57.7 Å². The zero-order valence-corrected chi connectivity index (χ0v) is 17.7. The van der Waals surface area contributed by atoms with Crippen LogP contribution in [0.5, 0.6) is 0 Å². The van der Waals surface area contributed by atoms with Gasteiger partial charge in [-0.15, -0.1) is 0 Å². The van der Waals surface area contributed by atoms with E-state index in [0.717, 1.165) is 31.6 Å². The van der Waals surface area contributed by atoms with E-state index < -0.39 is 0 Å². The first-order valence-corrected chi connectivity index (χ1v) is 10.6. The van der Waals surface area contributed by atoms with E-state index in [4.69, 9.17) is 9.47 Å². The van der Waals surface area contributed by atoms with Gasteiger partial charge in [0.1, 0.15) is 11.6 Å². The van der Waals surface area contributed by atoms with Gasteiger partial charge in [-0.25, -0.2) is 0 Å². The zero-order chi connectivity index (χ0) is 19.6. The molecule has 0 radical (unpaired) electrons. The minimum Gasteiger partial charge on any atom is -0.379 e. The average Bonchev–Trinajstić information content (AvgIpc) is 2.56. The highest BCUT2D eigenvalue weighted by atomic mass is 16.5. The number of rotatable bonds is 19. The quantitative estimate of drug-likeness (QED) is 0.281. The summed E-state index contributed by atoms with van der Waals surface area (Å²) in [6, 6.07) is 0. The molecule has 0 amide bonds. The smallest absolute Gasteiger partial charge is 0.132 e. The molecule has 26 heavy (non-hydrogen) atoms. The minimum atomic E-state index is 0.243. The Morgan fingerprint density at radius 2 is 1.23 bits per heavy atom. The van der Waals surface area contributed by atoms with Crippen molar-refractivity contribution in [2.75, 3.05) is 19.8 Å². The number of carbonyl (C=O) groups excluding carboxylic acids is 2. The molecule has 4 nitrogen and oxygen atoms in total. The van der Waals surface area contributed by atoms with Gasteiger partial charge >= 0.3 is 0 Å². The summed E-state index contributed by atoms with van der Waals surface area (Å²) in [5.41, 5.74) is 0. The van der Waals surface area contributed by atoms with Crippen molar-refractivity contribution >= 4 is 11.6 Å². The molecule has 0 saturated heterocycles. The number of hydrogen-bond donors (Lipinski definition) is 0. The molecule has 154 valence electrons. The summed E-state index contributed by atoms with van der Waals surface area (Å²) in [6.45, 7) is 10.4. The maximum absolute atomic E-state index is 11.8. The van der Waals surface area contributed by atoms with Crippen LogP contribution in [-0.4, -0.2) is 37.5 Å². The fourth-order valence-electron chi connectivity index (χ4n) is 2.76. The molecule has 0 aromatic rings. The van der Waals surface area contributed by atoms with Crippen LogP contribution in [0.15, 0.2) is 0 Å². The lowest BCUT2D eigenvalue weighted by atomic mass is 10.0. The molecule has 0 aliphatic carbocycles. The van der Waals surface area contributed by atoms with Crippen LogP contribution in [0, 0.1) is 5.92 Å². The van der Waals surface area contributed by atoms with Crippen LogP contribution >= 0.6 is 0 Å². The van der Waals surface area contributed by atoms with E-state index in [1.165, 1.54) is 12.8 Å². The first-order chi connectivity index (χ1) is 12.4. The van der Waals surface area contributed by atoms with Gasteiger partial charge in [-0.05, 0) is 45.4 Å². The zero-order valence-electron chi connectivity index (χ0n) is 17.7. The number of hydrogen-bond acceptors (Lipinski definition) is 4. The summed E-state index contributed by atoms with van der Waals surface area (Å²) in [5, 5.41) is 0. The first kappa shape index (κ1) is 25.3. The molecule has 0 saturated carbocycles. The monoisotopic (exact) mass is 370 g/mol. The summed E-state index contributed by atoms with van der Waals surface area (Å²) in [4.78, 5) is 23.6. The Balaban J connectivity index is 3.36. The van der Waals surface area contributed by atoms with Crippen LogP contribution in [0.2, 0.25) is 0 Å². The minimum absolute atomic E-state index is 0.243. The van der Waals surface area contributed by atoms with Gasteiger partial charge in [-0.3, -0.25) is 9.59 Å². The van der Waals surface area contributed by atoms with Gasteiger partial charge in [0.25, 0.3) is 0 Å². The lowest BCUT2D eigenvalue weighted by Crippen LogP contribution is -2.10. The summed E-state index contributed by atoms with van der Waals surface area (Å²) < 4.78 is 10.9. The van der Waals surface area contributed by atoms with E-state index in [1.54, 1.807) is 0 Å². The SMILES string of the molecule is CC(C)CCCCCC(=O)CCCC(=O)CCCCOCCOC(C)C. The highest BCUT2D eigenvalue weighted by Gasteiger charge is 2.06. The third-order valence-electron chi connectivity index (χ3n) is 4.32. The fraction of sp³-hybridized carbons (Fsp3) is 0.909. The summed E-state index contributed by atoms with van der Waals surface area (Å²) in [6.07, 6.45) is 9.75. The molecule has 0 aliphatic rings. The van der Waals surface area contributed by atoms with Gasteiger partial charge in [0.05, 0.1) is 19.3 Å². The standard InChI is InChI=1S/C22H42O4/c1-19(2)11-6-5-7-12-21(23)14-10-15-22(24)13-8-9-16-25-17-18-26-20(3)4/h19-20H,5-18H2,1-4H3. The van der Waals surface area contributed by atoms with Crippen LogP contribution < -0.4 is 0 Å². The van der Waals surface area contributed by atoms with Crippen molar-refractivity contribution in [1.29, 1.82) is 0 Å². The molecule has 0 rings (SSSR count). The number of ether oxygens (including phenoxy) is 2. The van der Waals surface area contributed by atoms with E-state index >= 15 is 0 Å². The molecule has 0 aliphatic heterocycles. The highest BCUT2D eigenvalue weighted by Crippen LogP contribution is 2.11. The van der Waals surface area contributed by atoms with Crippen molar-refractivity contribution in [3.63, 3.8) is 0 Å². The summed E-state index contributed by atoms with van der Waals surface area (Å²) in [7, 11) is 0. The Bertz CT molecular complexity index is 350. The second kappa shape index (κ2) is 17.7. The van der Waals surface area contributed by atoms with E-state index in [-0.39, 0.29) is 11.9 Å². The molecule has 4 heteroatoms. The highest BCUT2D eigenvalue weighted by molar-refractivity contribution is 5.81. The van der Waals surface area contributed by atoms with Crippen LogP contribution in [0.3, 0.4) is 0 Å². The third-order valence-corrected chi connectivity index (χ3v) is 4.32. The van der Waals surface area contributed by atoms with E-state index in [1.807, 2.05) is 13.8 Å². The maximum Gasteiger partial charge on any atom is 0.132 e. The van der Waals surface area contributed by atoms with Crippen LogP contribution in [-0.2, 0) is 19.1 Å². The van der Waals surface area contributed by atoms with Crippen molar-refractivity contribution in [1.82, 2.24) is 0 Å². The lowest BCUT2D eigenvalue weighted by molar-refractivity contribution is -0.120. The molecule has 0 fully saturated rings. The predicted molar refractivity (Wildman–Crippen MR) is 108 cm³/mol. The van der Waals surface area contributed by atoms with Gasteiger partial charge in [-0.1, -0.05) is 33.1 Å². The van der Waals surface area contributed by atoms with Crippen molar-refractivity contribution in [2.24, 2.45) is 5.92 Å². The molecule has 0 bridgehead atoms. The molecule has 0 aromatic heterocycles. The number of unbranched alkanes of at least 4 members (excludes halogenated alkanes) is 3. The molecule has 0 atom stereocenters. The summed E-state index contributed by atoms with van der Waals surface area (Å²) in [5.74, 6) is 1.35. The maximum atomic E-state index is 11.8. The van der Waals surface area contributed by atoms with Gasteiger partial charge in [0, 0.05) is 32.3 Å². The van der Waals surface area contributed by atoms with Gasteiger partial charge < -0.3 is 9.47 Å². The van der Waals surface area contributed by atoms with Gasteiger partial charge in [0.2, 0.25) is 0 Å². The lowest BCUT2D eigenvalue weighted by Gasteiger charge is -2.08. The first-order valence-electron chi connectivity index (χ1n) is 10.6.